The first kappa shape index (κ1) is 17.5. The lowest BCUT2D eigenvalue weighted by atomic mass is 10.2. The molecular formula is C20H14ClN5O3. The minimum Gasteiger partial charge on any atom is -0.506 e. The van der Waals surface area contributed by atoms with Crippen LogP contribution in [0, 0.1) is 0 Å². The lowest BCUT2D eigenvalue weighted by Crippen LogP contribution is -2.08. The zero-order chi connectivity index (χ0) is 20.0. The van der Waals surface area contributed by atoms with Crippen LogP contribution in [0.25, 0.3) is 22.7 Å². The first-order valence-corrected chi connectivity index (χ1v) is 9.26. The fraction of sp³-hybridized carbons (Fsp3) is 0.200. The Morgan fingerprint density at radius 2 is 2.14 bits per heavy atom. The Morgan fingerprint density at radius 3 is 2.93 bits per heavy atom. The quantitative estimate of drug-likeness (QED) is 0.666. The Bertz CT molecular complexity index is 1280. The molecule has 0 spiro atoms. The van der Waals surface area contributed by atoms with Crippen molar-refractivity contribution in [2.75, 3.05) is 7.11 Å². The summed E-state index contributed by atoms with van der Waals surface area (Å²) in [5.41, 5.74) is 7.24. The van der Waals surface area contributed by atoms with E-state index >= 15 is 0 Å². The first-order chi connectivity index (χ1) is 14.1. The minimum absolute atomic E-state index is 0.0268. The number of aromatic hydroxyl groups is 1. The lowest BCUT2D eigenvalue weighted by Gasteiger charge is -2.14. The van der Waals surface area contributed by atoms with Crippen LogP contribution in [0.2, 0.25) is 5.15 Å². The highest BCUT2D eigenvalue weighted by Crippen LogP contribution is 2.36. The maximum Gasteiger partial charge on any atom is 0.223 e. The van der Waals surface area contributed by atoms with Crippen LogP contribution in [0.1, 0.15) is 18.7 Å². The third-order valence-electron chi connectivity index (χ3n) is 4.39. The van der Waals surface area contributed by atoms with E-state index < -0.39 is 0 Å². The highest BCUT2D eigenvalue weighted by molar-refractivity contribution is 6.29. The van der Waals surface area contributed by atoms with E-state index in [1.165, 1.54) is 13.3 Å². The van der Waals surface area contributed by atoms with Crippen molar-refractivity contribution in [3.05, 3.63) is 52.9 Å². The molecule has 1 saturated carbocycles. The zero-order valence-electron chi connectivity index (χ0n) is 15.3. The van der Waals surface area contributed by atoms with Gasteiger partial charge in [0, 0.05) is 0 Å². The van der Waals surface area contributed by atoms with Crippen LogP contribution in [-0.2, 0) is 4.74 Å². The second-order valence-electron chi connectivity index (χ2n) is 6.47. The van der Waals surface area contributed by atoms with Gasteiger partial charge >= 0.3 is 0 Å². The highest BCUT2D eigenvalue weighted by atomic mass is 35.5. The summed E-state index contributed by atoms with van der Waals surface area (Å²) in [4.78, 5) is 17.7. The fourth-order valence-corrected chi connectivity index (χ4v) is 3.09. The van der Waals surface area contributed by atoms with Gasteiger partial charge in [0.05, 0.1) is 19.4 Å². The molecule has 5 rings (SSSR count). The number of hydrogen-bond donors (Lipinski definition) is 1. The molecule has 2 aromatic heterocycles. The Labute approximate surface area is 170 Å². The number of benzene rings is 1. The SMILES string of the molecule is COc1cccc(O)c1-n1c(C2=C=C=CC(OC3CC3)=N2)nc2ncc(Cl)nc21. The number of ether oxygens (including phenoxy) is 2. The molecule has 9 heteroatoms. The number of aromatic nitrogens is 4. The van der Waals surface area contributed by atoms with E-state index in [9.17, 15) is 5.11 Å². The number of rotatable bonds is 4. The van der Waals surface area contributed by atoms with Crippen LogP contribution in [0.4, 0.5) is 0 Å². The molecule has 1 aliphatic heterocycles. The number of halogens is 1. The Balaban J connectivity index is 1.77. The maximum absolute atomic E-state index is 10.6. The van der Waals surface area contributed by atoms with Crippen molar-refractivity contribution in [1.82, 2.24) is 19.5 Å². The molecule has 8 nitrogen and oxygen atoms in total. The number of hydrogen-bond acceptors (Lipinski definition) is 7. The van der Waals surface area contributed by atoms with E-state index in [0.717, 1.165) is 12.8 Å². The van der Waals surface area contributed by atoms with E-state index in [1.807, 2.05) is 0 Å². The van der Waals surface area contributed by atoms with E-state index in [-0.39, 0.29) is 17.0 Å². The molecule has 0 radical (unpaired) electrons. The largest absolute Gasteiger partial charge is 0.506 e. The topological polar surface area (TPSA) is 94.7 Å². The van der Waals surface area contributed by atoms with Crippen LogP contribution in [-0.4, -0.2) is 43.7 Å². The van der Waals surface area contributed by atoms with Crippen molar-refractivity contribution in [3.8, 4) is 17.2 Å². The highest BCUT2D eigenvalue weighted by Gasteiger charge is 2.27. The smallest absolute Gasteiger partial charge is 0.223 e. The first-order valence-electron chi connectivity index (χ1n) is 8.89. The number of methoxy groups -OCH3 is 1. The number of phenols is 1. The van der Waals surface area contributed by atoms with Gasteiger partial charge in [-0.3, -0.25) is 4.57 Å². The third-order valence-corrected chi connectivity index (χ3v) is 4.58. The van der Waals surface area contributed by atoms with Gasteiger partial charge in [-0.1, -0.05) is 23.4 Å². The predicted molar refractivity (Wildman–Crippen MR) is 106 cm³/mol. The van der Waals surface area contributed by atoms with Crippen molar-refractivity contribution in [2.45, 2.75) is 18.9 Å². The van der Waals surface area contributed by atoms with Crippen LogP contribution in [0.15, 0.2) is 46.9 Å². The van der Waals surface area contributed by atoms with Crippen LogP contribution in [0.3, 0.4) is 0 Å². The lowest BCUT2D eigenvalue weighted by molar-refractivity contribution is 0.292. The average Bonchev–Trinajstić information content (AvgIpc) is 3.46. The van der Waals surface area contributed by atoms with Crippen molar-refractivity contribution < 1.29 is 14.6 Å². The zero-order valence-corrected chi connectivity index (χ0v) is 16.0. The van der Waals surface area contributed by atoms with Gasteiger partial charge in [-0.2, -0.15) is 0 Å². The van der Waals surface area contributed by atoms with Gasteiger partial charge in [-0.05, 0) is 30.7 Å². The van der Waals surface area contributed by atoms with Gasteiger partial charge in [0.25, 0.3) is 0 Å². The van der Waals surface area contributed by atoms with E-state index in [4.69, 9.17) is 21.1 Å². The molecule has 0 bridgehead atoms. The molecule has 3 aromatic rings. The summed E-state index contributed by atoms with van der Waals surface area (Å²) in [6, 6.07) is 4.94. The van der Waals surface area contributed by atoms with Gasteiger partial charge in [0.15, 0.2) is 22.8 Å². The molecule has 1 N–H and O–H groups in total. The summed E-state index contributed by atoms with van der Waals surface area (Å²) in [7, 11) is 1.51. The van der Waals surface area contributed by atoms with Crippen LogP contribution < -0.4 is 4.74 Å². The van der Waals surface area contributed by atoms with Gasteiger partial charge in [-0.15, -0.1) is 0 Å². The van der Waals surface area contributed by atoms with Gasteiger partial charge in [0.1, 0.15) is 28.4 Å². The Kier molecular flexibility index (Phi) is 4.11. The number of para-hydroxylation sites is 1. The molecule has 1 fully saturated rings. The molecule has 1 aliphatic carbocycles. The summed E-state index contributed by atoms with van der Waals surface area (Å²) in [6.07, 6.45) is 5.24. The Hall–Kier alpha value is -3.57. The summed E-state index contributed by atoms with van der Waals surface area (Å²) >= 11 is 6.08. The van der Waals surface area contributed by atoms with Crippen molar-refractivity contribution in [1.29, 1.82) is 0 Å². The number of nitrogens with zero attached hydrogens (tertiary/aromatic N) is 5. The Morgan fingerprint density at radius 1 is 1.28 bits per heavy atom. The number of imidazole rings is 1. The van der Waals surface area contributed by atoms with E-state index in [2.05, 4.69) is 31.4 Å². The summed E-state index contributed by atoms with van der Waals surface area (Å²) in [5.74, 6) is 1.17. The average molecular weight is 408 g/mol. The molecule has 0 unspecified atom stereocenters. The molecule has 0 saturated heterocycles. The van der Waals surface area contributed by atoms with Crippen molar-refractivity contribution >= 4 is 34.5 Å². The molecule has 0 amide bonds. The van der Waals surface area contributed by atoms with Crippen molar-refractivity contribution in [2.24, 2.45) is 4.99 Å². The molecule has 144 valence electrons. The molecule has 3 heterocycles. The third kappa shape index (κ3) is 3.15. The van der Waals surface area contributed by atoms with Crippen molar-refractivity contribution in [3.63, 3.8) is 0 Å². The molecule has 1 aromatic carbocycles. The van der Waals surface area contributed by atoms with E-state index in [0.29, 0.717) is 40.2 Å². The summed E-state index contributed by atoms with van der Waals surface area (Å²) in [5, 5.41) is 10.8. The van der Waals surface area contributed by atoms with E-state index in [1.54, 1.807) is 28.8 Å². The number of fused-ring (bicyclic) bond motifs is 1. The molecule has 0 atom stereocenters. The number of phenolic OH excluding ortho intramolecular Hbond substituents is 1. The molecular weight excluding hydrogens is 394 g/mol. The predicted octanol–water partition coefficient (Wildman–Crippen LogP) is 3.43. The van der Waals surface area contributed by atoms with Gasteiger partial charge in [0.2, 0.25) is 5.90 Å². The van der Waals surface area contributed by atoms with Gasteiger partial charge in [-0.25, -0.2) is 19.9 Å². The number of aliphatic imine (C=N–C) groups is 1. The summed E-state index contributed by atoms with van der Waals surface area (Å²) in [6.45, 7) is 0. The monoisotopic (exact) mass is 407 g/mol. The maximum atomic E-state index is 10.6. The normalized spacial score (nSPS) is 15.4. The van der Waals surface area contributed by atoms with Gasteiger partial charge < -0.3 is 14.6 Å². The second kappa shape index (κ2) is 6.79. The van der Waals surface area contributed by atoms with Crippen LogP contribution >= 0.6 is 11.6 Å². The fourth-order valence-electron chi connectivity index (χ4n) is 2.96. The molecule has 29 heavy (non-hydrogen) atoms. The molecule has 2 aliphatic rings. The second-order valence-corrected chi connectivity index (χ2v) is 6.86. The standard InChI is InChI=1S/C20H14ClN5O3/c1-28-14-6-3-5-13(27)17(14)26-19(25-18-20(26)24-15(21)10-22-18)12-4-2-7-16(23-12)29-11-8-9-11/h3,5-7,10-11,27H,8-9H2,1H3. The summed E-state index contributed by atoms with van der Waals surface area (Å²) < 4.78 is 12.8. The van der Waals surface area contributed by atoms with Crippen LogP contribution in [0.5, 0.6) is 11.5 Å². The minimum atomic E-state index is -0.0268.